The van der Waals surface area contributed by atoms with Gasteiger partial charge in [0.2, 0.25) is 0 Å². The van der Waals surface area contributed by atoms with Crippen LogP contribution in [0.4, 0.5) is 4.79 Å². The fourth-order valence-corrected chi connectivity index (χ4v) is 2.07. The minimum absolute atomic E-state index is 0.0841. The van der Waals surface area contributed by atoms with Crippen molar-refractivity contribution in [2.24, 2.45) is 5.41 Å². The average Bonchev–Trinajstić information content (AvgIpc) is 2.93. The molecule has 0 bridgehead atoms. The maximum atomic E-state index is 12.3. The highest BCUT2D eigenvalue weighted by Gasteiger charge is 2.25. The van der Waals surface area contributed by atoms with E-state index in [4.69, 9.17) is 0 Å². The second-order valence-corrected chi connectivity index (χ2v) is 6.36. The molecule has 0 aromatic carbocycles. The lowest BCUT2D eigenvalue weighted by Crippen LogP contribution is -2.24. The van der Waals surface area contributed by atoms with Gasteiger partial charge < -0.3 is 0 Å². The van der Waals surface area contributed by atoms with Gasteiger partial charge >= 0.3 is 6.03 Å². The molecule has 0 spiro atoms. The van der Waals surface area contributed by atoms with Crippen molar-refractivity contribution in [2.45, 2.75) is 47.0 Å². The molecular weight excluding hydrogens is 256 g/mol. The third kappa shape index (κ3) is 2.92. The minimum Gasteiger partial charge on any atom is -0.243 e. The Hall–Kier alpha value is -2.05. The molecule has 0 saturated heterocycles. The Morgan fingerprint density at radius 3 is 2.50 bits per heavy atom. The summed E-state index contributed by atoms with van der Waals surface area (Å²) < 4.78 is 2.47. The quantitative estimate of drug-likeness (QED) is 0.839. The van der Waals surface area contributed by atoms with Gasteiger partial charge in [0.05, 0.1) is 23.8 Å². The van der Waals surface area contributed by atoms with Crippen molar-refractivity contribution in [3.63, 3.8) is 0 Å². The van der Waals surface area contributed by atoms with Crippen LogP contribution >= 0.6 is 0 Å². The molecule has 0 aliphatic rings. The van der Waals surface area contributed by atoms with Gasteiger partial charge in [0.1, 0.15) is 0 Å². The van der Waals surface area contributed by atoms with E-state index in [1.54, 1.807) is 0 Å². The summed E-state index contributed by atoms with van der Waals surface area (Å²) in [5, 5.41) is 15.5. The summed E-state index contributed by atoms with van der Waals surface area (Å²) in [6.07, 6.45) is 3.72. The van der Waals surface area contributed by atoms with Crippen LogP contribution in [0.2, 0.25) is 0 Å². The molecular formula is C13H20N6O. The summed E-state index contributed by atoms with van der Waals surface area (Å²) >= 11 is 0. The van der Waals surface area contributed by atoms with E-state index in [1.807, 2.05) is 13.8 Å². The van der Waals surface area contributed by atoms with E-state index in [2.05, 4.69) is 41.4 Å². The molecule has 7 heteroatoms. The van der Waals surface area contributed by atoms with Gasteiger partial charge in [-0.05, 0) is 17.8 Å². The maximum Gasteiger partial charge on any atom is 0.372 e. The number of nitrogens with zero attached hydrogens (tertiary/aromatic N) is 6. The number of carbonyl (C=O) groups excluding carboxylic acids is 1. The molecule has 0 N–H and O–H groups in total. The molecule has 0 aliphatic heterocycles. The largest absolute Gasteiger partial charge is 0.372 e. The molecule has 0 fully saturated rings. The Kier molecular flexibility index (Phi) is 3.69. The molecule has 2 aromatic rings. The summed E-state index contributed by atoms with van der Waals surface area (Å²) in [5.41, 5.74) is 1.78. The third-order valence-corrected chi connectivity index (χ3v) is 2.82. The number of hydrogen-bond donors (Lipinski definition) is 0. The van der Waals surface area contributed by atoms with E-state index in [-0.39, 0.29) is 17.4 Å². The first kappa shape index (κ1) is 14.4. The van der Waals surface area contributed by atoms with E-state index < -0.39 is 0 Å². The van der Waals surface area contributed by atoms with Gasteiger partial charge in [0, 0.05) is 0 Å². The lowest BCUT2D eigenvalue weighted by Gasteiger charge is -2.18. The predicted octanol–water partition coefficient (Wildman–Crippen LogP) is 2.10. The number of hydrogen-bond acceptors (Lipinski definition) is 5. The molecule has 2 aromatic heterocycles. The Bertz CT molecular complexity index is 591. The summed E-state index contributed by atoms with van der Waals surface area (Å²) in [4.78, 5) is 12.3. The molecule has 0 saturated carbocycles. The molecule has 0 unspecified atom stereocenters. The van der Waals surface area contributed by atoms with Crippen molar-refractivity contribution in [3.05, 3.63) is 23.8 Å². The first-order chi connectivity index (χ1) is 9.29. The van der Waals surface area contributed by atoms with Gasteiger partial charge in [-0.1, -0.05) is 45.0 Å². The minimum atomic E-state index is -0.362. The Balaban J connectivity index is 2.42. The SMILES string of the molecule is CC(C)c1c(CC(C)(C)C)nnn1C(=O)n1ccnn1. The first-order valence-electron chi connectivity index (χ1n) is 6.65. The summed E-state index contributed by atoms with van der Waals surface area (Å²) in [6.45, 7) is 10.5. The van der Waals surface area contributed by atoms with Crippen LogP contribution in [0.15, 0.2) is 12.4 Å². The van der Waals surface area contributed by atoms with Crippen molar-refractivity contribution < 1.29 is 4.79 Å². The zero-order valence-electron chi connectivity index (χ0n) is 12.5. The summed E-state index contributed by atoms with van der Waals surface area (Å²) in [7, 11) is 0. The fourth-order valence-electron chi connectivity index (χ4n) is 2.07. The van der Waals surface area contributed by atoms with E-state index in [9.17, 15) is 4.79 Å². The molecule has 0 aliphatic carbocycles. The standard InChI is InChI=1S/C13H20N6O/c1-9(2)11-10(8-13(3,4)5)15-17-19(11)12(20)18-7-6-14-16-18/h6-7,9H,8H2,1-5H3. The monoisotopic (exact) mass is 276 g/mol. The number of carbonyl (C=O) groups is 1. The normalized spacial score (nSPS) is 12.1. The van der Waals surface area contributed by atoms with Crippen molar-refractivity contribution in [1.82, 2.24) is 30.0 Å². The Morgan fingerprint density at radius 2 is 2.00 bits per heavy atom. The van der Waals surface area contributed by atoms with Gasteiger partial charge in [-0.15, -0.1) is 10.2 Å². The van der Waals surface area contributed by atoms with Crippen LogP contribution in [-0.2, 0) is 6.42 Å². The first-order valence-corrected chi connectivity index (χ1v) is 6.65. The fraction of sp³-hybridized carbons (Fsp3) is 0.615. The Morgan fingerprint density at radius 1 is 1.30 bits per heavy atom. The van der Waals surface area contributed by atoms with E-state index in [1.165, 1.54) is 17.1 Å². The lowest BCUT2D eigenvalue weighted by molar-refractivity contribution is 0.236. The van der Waals surface area contributed by atoms with Crippen LogP contribution in [0.1, 0.15) is 51.9 Å². The van der Waals surface area contributed by atoms with E-state index >= 15 is 0 Å². The zero-order chi connectivity index (χ0) is 14.9. The van der Waals surface area contributed by atoms with Crippen molar-refractivity contribution in [3.8, 4) is 0 Å². The van der Waals surface area contributed by atoms with E-state index in [0.717, 1.165) is 22.5 Å². The van der Waals surface area contributed by atoms with Gasteiger partial charge in [-0.2, -0.15) is 9.36 Å². The molecule has 7 nitrogen and oxygen atoms in total. The molecule has 2 rings (SSSR count). The molecule has 0 radical (unpaired) electrons. The van der Waals surface area contributed by atoms with Crippen molar-refractivity contribution in [2.75, 3.05) is 0 Å². The van der Waals surface area contributed by atoms with Crippen LogP contribution < -0.4 is 0 Å². The zero-order valence-corrected chi connectivity index (χ0v) is 12.5. The average molecular weight is 276 g/mol. The number of aromatic nitrogens is 6. The van der Waals surface area contributed by atoms with E-state index in [0.29, 0.717) is 0 Å². The summed E-state index contributed by atoms with van der Waals surface area (Å²) in [5.74, 6) is 0.148. The second kappa shape index (κ2) is 5.15. The topological polar surface area (TPSA) is 78.5 Å². The highest BCUT2D eigenvalue weighted by Crippen LogP contribution is 2.25. The highest BCUT2D eigenvalue weighted by molar-refractivity contribution is 5.78. The van der Waals surface area contributed by atoms with Gasteiger partial charge in [0.15, 0.2) is 0 Å². The third-order valence-electron chi connectivity index (χ3n) is 2.82. The van der Waals surface area contributed by atoms with Crippen LogP contribution in [0.25, 0.3) is 0 Å². The van der Waals surface area contributed by atoms with Crippen LogP contribution in [-0.4, -0.2) is 36.0 Å². The maximum absolute atomic E-state index is 12.3. The smallest absolute Gasteiger partial charge is 0.243 e. The molecule has 20 heavy (non-hydrogen) atoms. The predicted molar refractivity (Wildman–Crippen MR) is 73.5 cm³/mol. The number of rotatable bonds is 2. The summed E-state index contributed by atoms with van der Waals surface area (Å²) in [6, 6.07) is -0.362. The molecule has 0 atom stereocenters. The lowest BCUT2D eigenvalue weighted by atomic mass is 9.88. The van der Waals surface area contributed by atoms with Gasteiger partial charge in [0.25, 0.3) is 0 Å². The Labute approximate surface area is 118 Å². The molecule has 2 heterocycles. The van der Waals surface area contributed by atoms with Crippen LogP contribution in [0.3, 0.4) is 0 Å². The van der Waals surface area contributed by atoms with Crippen molar-refractivity contribution in [1.29, 1.82) is 0 Å². The highest BCUT2D eigenvalue weighted by atomic mass is 16.2. The second-order valence-electron chi connectivity index (χ2n) is 6.36. The van der Waals surface area contributed by atoms with Gasteiger partial charge in [-0.3, -0.25) is 0 Å². The molecule has 108 valence electrons. The molecule has 0 amide bonds. The van der Waals surface area contributed by atoms with Gasteiger partial charge in [-0.25, -0.2) is 4.79 Å². The van der Waals surface area contributed by atoms with Crippen LogP contribution in [0, 0.1) is 5.41 Å². The van der Waals surface area contributed by atoms with Crippen LogP contribution in [0.5, 0.6) is 0 Å². The van der Waals surface area contributed by atoms with Crippen molar-refractivity contribution >= 4 is 6.03 Å².